The number of nitrogens with zero attached hydrogens (tertiary/aromatic N) is 9. The molecule has 0 unspecified atom stereocenters. The van der Waals surface area contributed by atoms with E-state index in [9.17, 15) is 90.8 Å². The summed E-state index contributed by atoms with van der Waals surface area (Å²) in [6.07, 6.45) is -19.8. The van der Waals surface area contributed by atoms with Crippen LogP contribution in [0.3, 0.4) is 0 Å². The number of methoxy groups -OCH3 is 1. The minimum atomic E-state index is -5.85. The summed E-state index contributed by atoms with van der Waals surface area (Å²) in [5.74, 6) is -5.84. The van der Waals surface area contributed by atoms with Gasteiger partial charge in [0.2, 0.25) is 114 Å². The number of alkyl halides is 2. The van der Waals surface area contributed by atoms with Crippen LogP contribution in [0.25, 0.3) is 0 Å². The molecule has 2 saturated heterocycles. The van der Waals surface area contributed by atoms with Crippen LogP contribution in [0, 0.1) is 38.0 Å². The van der Waals surface area contributed by atoms with Crippen molar-refractivity contribution >= 4 is 138 Å². The third-order valence-corrected chi connectivity index (χ3v) is 16.5. The number of ether oxygens (including phenoxy) is 6. The van der Waals surface area contributed by atoms with Gasteiger partial charge in [0.05, 0.1) is 55.6 Å². The maximum absolute atomic E-state index is 11.9. The smallest absolute Gasteiger partial charge is 0.726 e. The molecule has 2 saturated carbocycles. The Morgan fingerprint density at radius 2 is 0.840 bits per heavy atom. The molecule has 4 aliphatic rings. The van der Waals surface area contributed by atoms with Gasteiger partial charge in [0.1, 0.15) is 42.5 Å². The van der Waals surface area contributed by atoms with E-state index in [1.165, 1.54) is 18.0 Å². The van der Waals surface area contributed by atoms with Gasteiger partial charge in [-0.3, -0.25) is 63.6 Å². The fourth-order valence-corrected chi connectivity index (χ4v) is 13.3. The molecule has 0 aromatic carbocycles. The van der Waals surface area contributed by atoms with Crippen molar-refractivity contribution < 1.29 is 544 Å². The van der Waals surface area contributed by atoms with Crippen LogP contribution in [0.1, 0.15) is 29.9 Å². The van der Waals surface area contributed by atoms with Crippen LogP contribution in [0.5, 0.6) is 0 Å². The van der Waals surface area contributed by atoms with Crippen molar-refractivity contribution in [2.45, 2.75) is 137 Å². The molecular weight excluding hydrogens is 2030 g/mol. The van der Waals surface area contributed by atoms with Gasteiger partial charge in [0.25, 0.3) is 0 Å². The Morgan fingerprint density at radius 3 is 1.26 bits per heavy atom. The zero-order valence-corrected chi connectivity index (χ0v) is 95.5. The van der Waals surface area contributed by atoms with E-state index in [1.54, 1.807) is 0 Å². The number of halogens is 2. The Balaban J connectivity index is -0.000000499. The van der Waals surface area contributed by atoms with Crippen LogP contribution >= 0.6 is 23.2 Å². The summed E-state index contributed by atoms with van der Waals surface area (Å²) in [6, 6.07) is 0. The third kappa shape index (κ3) is 66.5. The van der Waals surface area contributed by atoms with Crippen molar-refractivity contribution in [1.29, 1.82) is 0 Å². The first-order valence-electron chi connectivity index (χ1n) is 26.7. The monoisotopic (exact) mass is 2080 g/mol. The van der Waals surface area contributed by atoms with Crippen molar-refractivity contribution in [2.75, 3.05) is 13.0 Å². The van der Waals surface area contributed by atoms with Gasteiger partial charge in [0, 0.05) is 31.7 Å². The van der Waals surface area contributed by atoms with Gasteiger partial charge in [-0.2, -0.15) is 0 Å². The molecular formula is C36H48Cl2N9Na11O50S11-4. The molecule has 632 valence electrons. The summed E-state index contributed by atoms with van der Waals surface area (Å²) in [7, 11) is -58.5. The van der Waals surface area contributed by atoms with Gasteiger partial charge in [-0.1, -0.05) is 21.7 Å². The maximum Gasteiger partial charge on any atom is 1.00 e. The van der Waals surface area contributed by atoms with Crippen LogP contribution in [0.15, 0.2) is 18.6 Å². The molecule has 83 heteroatoms. The molecule has 3 aromatic rings. The fraction of sp³-hybridized carbons (Fsp3) is 0.722. The van der Waals surface area contributed by atoms with Crippen LogP contribution in [0.2, 0.25) is 0 Å². The molecule has 0 amide bonds. The molecule has 3 aromatic heterocycles. The summed E-state index contributed by atoms with van der Waals surface area (Å²) < 4.78 is 448. The van der Waals surface area contributed by atoms with E-state index in [2.05, 4.69) is 67.1 Å². The van der Waals surface area contributed by atoms with Crippen molar-refractivity contribution in [1.82, 2.24) is 45.0 Å². The predicted molar refractivity (Wildman–Crippen MR) is 311 cm³/mol. The second kappa shape index (κ2) is 62.3. The van der Waals surface area contributed by atoms with E-state index >= 15 is 0 Å². The Kier molecular flexibility index (Phi) is 75.5. The minimum absolute atomic E-state index is 0. The molecule has 0 radical (unpaired) electrons. The first-order valence-corrected chi connectivity index (χ1v) is 42.5. The van der Waals surface area contributed by atoms with Crippen molar-refractivity contribution in [3.63, 3.8) is 0 Å². The van der Waals surface area contributed by atoms with E-state index < -0.39 is 249 Å². The van der Waals surface area contributed by atoms with Crippen LogP contribution in [0.4, 0.5) is 0 Å². The van der Waals surface area contributed by atoms with Gasteiger partial charge in [-0.05, 0) is 37.6 Å². The predicted octanol–water partition coefficient (Wildman–Crippen LogP) is -43.1. The fourth-order valence-electron chi connectivity index (χ4n) is 9.32. The van der Waals surface area contributed by atoms with E-state index in [-0.39, 0.29) is 356 Å². The molecule has 16 atom stereocenters. The van der Waals surface area contributed by atoms with Gasteiger partial charge in [0.15, 0.2) is 12.1 Å². The molecule has 119 heavy (non-hydrogen) atoms. The summed E-state index contributed by atoms with van der Waals surface area (Å²) in [5.41, 5.74) is -0.0111. The average Bonchev–Trinajstić information content (AvgIpc) is 1.69. The molecule has 2 aliphatic heterocycles. The largest absolute Gasteiger partial charge is 1.00 e. The second-order valence-electron chi connectivity index (χ2n) is 20.7. The summed E-state index contributed by atoms with van der Waals surface area (Å²) in [6.45, 7) is 1.41. The Bertz CT molecular complexity index is 4670. The molecule has 7 rings (SSSR count). The standard InChI is InChI=1S/C36H51Cl2N9O34S7.11Na.4H2O4S/c1-18-3-26(32(79-86(60,61)62)34(30(18)38)81-88(66,67)68)74-36(16-37)29(77-84(54,55)56)8-24(73-36)13-46-12-22(41-43-46)15-70-35-33(80-87(63,64)65)28(76-83(51,52)53)7-23(72-35)6-20-10-47(44-39-20)17-71-25-4-19(9-45-11-21(14-69-2)40-42-45)5-27(75-82(48,49)50)31(25)78-85(57,58)59;;;;;;;;;;;;4*1-5(2,3)4/h5,7-8,10-12,18-19,23-35H,1,3-4,6,9,13-17H2,2H3,(H,48,49,50)(H,51,52,53)(H,54,55,56)(H,57,58,59)(H,60,61,62)(H,63,64,65)(H,66,67,68);;;;;;;;;;;;4*(H2,1,2,3,4)/q-4;11*+1;;;;/p-11/t18-,19+,23+,24-,25-,26+,27+,28-,29-,30-,31-,32-,33-,34-,35+,36-;;;;;;;;;;;;;;;/m1.............../s1. The van der Waals surface area contributed by atoms with Crippen molar-refractivity contribution in [3.8, 4) is 0 Å². The van der Waals surface area contributed by atoms with E-state index in [1.807, 2.05) is 0 Å². The first kappa shape index (κ1) is 144. The second-order valence-corrected chi connectivity index (χ2v) is 31.9. The summed E-state index contributed by atoms with van der Waals surface area (Å²) in [5, 5.41) is 21.5. The Morgan fingerprint density at radius 1 is 0.471 bits per heavy atom. The molecule has 59 nitrogen and oxygen atoms in total. The molecule has 4 fully saturated rings. The van der Waals surface area contributed by atoms with Crippen LogP contribution in [-0.4, -0.2) is 303 Å². The topological polar surface area (TPSA) is 922 Å². The maximum atomic E-state index is 11.9. The van der Waals surface area contributed by atoms with Gasteiger partial charge in [-0.25, -0.2) is 97.3 Å². The van der Waals surface area contributed by atoms with Crippen LogP contribution in [-0.2, 0) is 212 Å². The first-order chi connectivity index (χ1) is 48.5. The van der Waals surface area contributed by atoms with Gasteiger partial charge < -0.3 is 98.0 Å². The number of rotatable bonds is 31. The zero-order valence-electron chi connectivity index (χ0n) is 63.0. The quantitative estimate of drug-likeness (QED) is 0.0153. The van der Waals surface area contributed by atoms with Gasteiger partial charge >= 0.3 is 325 Å². The molecule has 2 aliphatic carbocycles. The molecule has 5 heterocycles. The van der Waals surface area contributed by atoms with E-state index in [4.69, 9.17) is 122 Å². The number of aromatic nitrogens is 9. The van der Waals surface area contributed by atoms with Gasteiger partial charge in [-0.15, -0.1) is 50.3 Å². The number of hydrogen-bond donors (Lipinski definition) is 4. The molecule has 4 N–H and O–H groups in total. The Hall–Kier alpha value is 7.33. The zero-order chi connectivity index (χ0) is 83.2. The SMILES string of the molecule is O=S(=O)([O-])O.O=S(=O)([O-])O.O=S(=O)([O-])O.O=S(=O)([O-])O.[CH2-][C@@H]1C[C@H](O[C@@]2(CCl)O[C@@H](Cn3cc(CO[C@H]4O[C@@H](Cc5cn(CO[C@@H]6C[C@H](Cn7cc(COC)nn7)[CH-][C@H](OS(=O)(=O)[O-])[C@@H]6OS(=O)(=O)[O-])nn5)[CH-][C@@H](OS(=O)(=O)[O-])[C@H]4OS(=O)(=O)[O-])nn3)[CH-][C@H]2OS(=O)(=O)[O-])[C@@H](OS(=O)(=O)[O-])[C@H](OS(=O)(=O)[O-])[C@@H]1Cl.[Na+].[Na+].[Na+].[Na+].[Na+].[Na+].[Na+].[Na+].[Na+].[Na+].[Na+]. The number of hydrogen-bond acceptors (Lipinski definition) is 52. The van der Waals surface area contributed by atoms with E-state index in [0.717, 1.165) is 41.0 Å². The van der Waals surface area contributed by atoms with Crippen LogP contribution < -0.4 is 325 Å². The van der Waals surface area contributed by atoms with E-state index in [0.29, 0.717) is 5.69 Å². The average molecular weight is 2080 g/mol. The molecule has 0 spiro atoms. The van der Waals surface area contributed by atoms with Crippen molar-refractivity contribution in [3.05, 3.63) is 61.9 Å². The Labute approximate surface area is 933 Å². The normalized spacial score (nSPS) is 25.3. The molecule has 0 bridgehead atoms. The van der Waals surface area contributed by atoms with Crippen molar-refractivity contribution in [2.24, 2.45) is 11.8 Å². The summed E-state index contributed by atoms with van der Waals surface area (Å²) >= 11 is 12.4. The minimum Gasteiger partial charge on any atom is -0.726 e. The third-order valence-electron chi connectivity index (χ3n) is 12.4. The summed E-state index contributed by atoms with van der Waals surface area (Å²) in [4.78, 5) is 0.